The lowest BCUT2D eigenvalue weighted by molar-refractivity contribution is -0.385. The van der Waals surface area contributed by atoms with E-state index in [-0.39, 0.29) is 24.0 Å². The molecule has 2 rings (SSSR count). The van der Waals surface area contributed by atoms with Crippen LogP contribution in [0.4, 0.5) is 10.5 Å². The molecule has 1 aliphatic rings. The zero-order valence-electron chi connectivity index (χ0n) is 14.8. The van der Waals surface area contributed by atoms with Gasteiger partial charge in [0.25, 0.3) is 5.69 Å². The van der Waals surface area contributed by atoms with Gasteiger partial charge in [-0.2, -0.15) is 0 Å². The van der Waals surface area contributed by atoms with E-state index in [1.807, 2.05) is 0 Å². The first-order chi connectivity index (χ1) is 12.8. The highest BCUT2D eigenvalue weighted by atomic mass is 16.6. The molecular formula is C17H20N2O8. The Labute approximate surface area is 154 Å². The molecule has 1 saturated heterocycles. The summed E-state index contributed by atoms with van der Waals surface area (Å²) in [6.07, 6.45) is -0.718. The normalized spacial score (nSPS) is 14.5. The van der Waals surface area contributed by atoms with Gasteiger partial charge in [-0.15, -0.1) is 0 Å². The molecule has 0 aromatic heterocycles. The number of hydrogen-bond donors (Lipinski definition) is 1. The Hall–Kier alpha value is -3.17. The minimum Gasteiger partial charge on any atom is -0.490 e. The van der Waals surface area contributed by atoms with Gasteiger partial charge >= 0.3 is 12.1 Å². The third kappa shape index (κ3) is 5.40. The van der Waals surface area contributed by atoms with Crippen molar-refractivity contribution in [3.63, 3.8) is 0 Å². The van der Waals surface area contributed by atoms with Gasteiger partial charge < -0.3 is 19.5 Å². The van der Waals surface area contributed by atoms with Crippen molar-refractivity contribution in [2.45, 2.75) is 32.3 Å². The van der Waals surface area contributed by atoms with E-state index in [1.54, 1.807) is 6.92 Å². The maximum absolute atomic E-state index is 11.9. The minimum absolute atomic E-state index is 0.0326. The summed E-state index contributed by atoms with van der Waals surface area (Å²) in [5, 5.41) is 20.1. The van der Waals surface area contributed by atoms with Crippen molar-refractivity contribution in [3.05, 3.63) is 33.9 Å². The van der Waals surface area contributed by atoms with Crippen LogP contribution < -0.4 is 4.74 Å². The lowest BCUT2D eigenvalue weighted by Crippen LogP contribution is -2.41. The Bertz CT molecular complexity index is 740. The number of rotatable bonds is 7. The van der Waals surface area contributed by atoms with E-state index in [2.05, 4.69) is 4.74 Å². The minimum atomic E-state index is -1.04. The molecule has 1 heterocycles. The van der Waals surface area contributed by atoms with Crippen LogP contribution in [0.2, 0.25) is 0 Å². The van der Waals surface area contributed by atoms with Crippen LogP contribution in [0.1, 0.15) is 25.3 Å². The monoisotopic (exact) mass is 380 g/mol. The summed E-state index contributed by atoms with van der Waals surface area (Å²) >= 11 is 0. The largest absolute Gasteiger partial charge is 0.490 e. The topological polar surface area (TPSA) is 136 Å². The maximum atomic E-state index is 11.9. The van der Waals surface area contributed by atoms with Gasteiger partial charge in [-0.1, -0.05) is 0 Å². The second-order valence-electron chi connectivity index (χ2n) is 5.95. The molecule has 1 fully saturated rings. The van der Waals surface area contributed by atoms with Crippen LogP contribution in [0.15, 0.2) is 18.2 Å². The van der Waals surface area contributed by atoms with E-state index < -0.39 is 29.2 Å². The Morgan fingerprint density at radius 3 is 2.52 bits per heavy atom. The van der Waals surface area contributed by atoms with E-state index in [1.165, 1.54) is 23.1 Å². The Kier molecular flexibility index (Phi) is 6.69. The van der Waals surface area contributed by atoms with Crippen molar-refractivity contribution < 1.29 is 33.9 Å². The number of carbonyl (C=O) groups is 3. The van der Waals surface area contributed by atoms with Crippen molar-refractivity contribution in [2.24, 2.45) is 0 Å². The number of hydrogen-bond acceptors (Lipinski definition) is 7. The molecule has 0 bridgehead atoms. The van der Waals surface area contributed by atoms with E-state index in [0.717, 1.165) is 0 Å². The molecule has 1 N–H and O–H groups in total. The van der Waals surface area contributed by atoms with Gasteiger partial charge in [0.15, 0.2) is 0 Å². The van der Waals surface area contributed by atoms with Gasteiger partial charge in [-0.05, 0) is 19.1 Å². The second kappa shape index (κ2) is 8.97. The molecule has 0 saturated carbocycles. The first kappa shape index (κ1) is 20.1. The molecule has 1 aromatic carbocycles. The van der Waals surface area contributed by atoms with Crippen LogP contribution in [0.3, 0.4) is 0 Å². The van der Waals surface area contributed by atoms with Gasteiger partial charge in [0.1, 0.15) is 11.9 Å². The van der Waals surface area contributed by atoms with Crippen molar-refractivity contribution >= 4 is 23.5 Å². The molecule has 27 heavy (non-hydrogen) atoms. The number of nitrogens with zero attached hydrogens (tertiary/aromatic N) is 2. The van der Waals surface area contributed by atoms with E-state index >= 15 is 0 Å². The van der Waals surface area contributed by atoms with Crippen LogP contribution in [-0.4, -0.2) is 58.6 Å². The molecule has 146 valence electrons. The van der Waals surface area contributed by atoms with Gasteiger partial charge in [0.2, 0.25) is 5.78 Å². The fourth-order valence-corrected chi connectivity index (χ4v) is 2.77. The van der Waals surface area contributed by atoms with E-state index in [4.69, 9.17) is 9.84 Å². The molecule has 10 heteroatoms. The number of nitro benzene ring substituents is 1. The van der Waals surface area contributed by atoms with Crippen molar-refractivity contribution in [1.29, 1.82) is 0 Å². The standard InChI is InChI=1S/C17H20N2O8/c1-2-26-16(21)15(20)10-11-9-13(3-4-14(11)19(24)25)27-12-5-7-18(8-6-12)17(22)23/h3-4,9,12H,2,5-8,10H2,1H3,(H,22,23). The lowest BCUT2D eigenvalue weighted by Gasteiger charge is -2.30. The predicted molar refractivity (Wildman–Crippen MR) is 91.7 cm³/mol. The third-order valence-corrected chi connectivity index (χ3v) is 4.12. The number of likely N-dealkylation sites (tertiary alicyclic amines) is 1. The van der Waals surface area contributed by atoms with Crippen LogP contribution in [0, 0.1) is 10.1 Å². The number of Topliss-reactive ketones (excluding diaryl/α,β-unsaturated/α-hetero) is 1. The molecule has 0 radical (unpaired) electrons. The van der Waals surface area contributed by atoms with Crippen LogP contribution >= 0.6 is 0 Å². The van der Waals surface area contributed by atoms with E-state index in [9.17, 15) is 24.5 Å². The zero-order valence-corrected chi connectivity index (χ0v) is 14.8. The number of nitro groups is 1. The van der Waals surface area contributed by atoms with Gasteiger partial charge in [0, 0.05) is 44.0 Å². The third-order valence-electron chi connectivity index (χ3n) is 4.12. The number of esters is 1. The van der Waals surface area contributed by atoms with Gasteiger partial charge in [0.05, 0.1) is 11.5 Å². The first-order valence-corrected chi connectivity index (χ1v) is 8.43. The fraction of sp³-hybridized carbons (Fsp3) is 0.471. The summed E-state index contributed by atoms with van der Waals surface area (Å²) in [6.45, 7) is 2.25. The summed E-state index contributed by atoms with van der Waals surface area (Å²) in [7, 11) is 0. The molecule has 1 aromatic rings. The number of ether oxygens (including phenoxy) is 2. The Balaban J connectivity index is 2.10. The first-order valence-electron chi connectivity index (χ1n) is 8.43. The highest BCUT2D eigenvalue weighted by Crippen LogP contribution is 2.27. The number of piperidine rings is 1. The SMILES string of the molecule is CCOC(=O)C(=O)Cc1cc(OC2CCN(C(=O)O)CC2)ccc1[N+](=O)[O-]. The lowest BCUT2D eigenvalue weighted by atomic mass is 10.1. The smallest absolute Gasteiger partial charge is 0.407 e. The summed E-state index contributed by atoms with van der Waals surface area (Å²) in [4.78, 5) is 46.1. The molecule has 1 aliphatic heterocycles. The summed E-state index contributed by atoms with van der Waals surface area (Å²) in [5.74, 6) is -1.60. The molecule has 0 spiro atoms. The fourth-order valence-electron chi connectivity index (χ4n) is 2.77. The number of amides is 1. The molecule has 0 atom stereocenters. The number of carbonyl (C=O) groups excluding carboxylic acids is 2. The number of ketones is 1. The Morgan fingerprint density at radius 1 is 1.30 bits per heavy atom. The zero-order chi connectivity index (χ0) is 20.0. The predicted octanol–water partition coefficient (Wildman–Crippen LogP) is 1.79. The van der Waals surface area contributed by atoms with Crippen LogP contribution in [0.25, 0.3) is 0 Å². The quantitative estimate of drug-likeness (QED) is 0.327. The van der Waals surface area contributed by atoms with E-state index in [0.29, 0.717) is 31.7 Å². The average Bonchev–Trinajstić information content (AvgIpc) is 2.62. The average molecular weight is 380 g/mol. The highest BCUT2D eigenvalue weighted by molar-refractivity contribution is 6.34. The second-order valence-corrected chi connectivity index (χ2v) is 5.95. The van der Waals surface area contributed by atoms with Gasteiger partial charge in [-0.3, -0.25) is 14.9 Å². The summed E-state index contributed by atoms with van der Waals surface area (Å²) in [5.41, 5.74) is -0.237. The molecule has 1 amide bonds. The molecular weight excluding hydrogens is 360 g/mol. The highest BCUT2D eigenvalue weighted by Gasteiger charge is 2.25. The Morgan fingerprint density at radius 2 is 1.96 bits per heavy atom. The van der Waals surface area contributed by atoms with Crippen molar-refractivity contribution in [3.8, 4) is 5.75 Å². The van der Waals surface area contributed by atoms with Gasteiger partial charge in [-0.25, -0.2) is 9.59 Å². The van der Waals surface area contributed by atoms with Crippen LogP contribution in [0.5, 0.6) is 5.75 Å². The number of benzene rings is 1. The molecule has 0 aliphatic carbocycles. The van der Waals surface area contributed by atoms with Crippen molar-refractivity contribution in [2.75, 3.05) is 19.7 Å². The number of carboxylic acid groups (broad SMARTS) is 1. The summed E-state index contributed by atoms with van der Waals surface area (Å²) < 4.78 is 10.4. The summed E-state index contributed by atoms with van der Waals surface area (Å²) in [6, 6.07) is 3.99. The molecule has 0 unspecified atom stereocenters. The van der Waals surface area contributed by atoms with Crippen LogP contribution in [-0.2, 0) is 20.7 Å². The van der Waals surface area contributed by atoms with Crippen molar-refractivity contribution in [1.82, 2.24) is 4.90 Å². The molecule has 10 nitrogen and oxygen atoms in total. The maximum Gasteiger partial charge on any atom is 0.407 e.